The maximum Gasteiger partial charge on any atom is 0.416 e. The van der Waals surface area contributed by atoms with Crippen molar-refractivity contribution in [3.05, 3.63) is 69.4 Å². The van der Waals surface area contributed by atoms with Crippen LogP contribution in [0.1, 0.15) is 5.56 Å². The zero-order valence-electron chi connectivity index (χ0n) is 12.3. The third-order valence-corrected chi connectivity index (χ3v) is 3.81. The lowest BCUT2D eigenvalue weighted by Crippen LogP contribution is -2.05. The first kappa shape index (κ1) is 17.0. The van der Waals surface area contributed by atoms with Crippen molar-refractivity contribution in [2.75, 3.05) is 5.32 Å². The quantitative estimate of drug-likeness (QED) is 0.486. The molecule has 0 saturated heterocycles. The Labute approximate surface area is 144 Å². The highest BCUT2D eigenvalue weighted by molar-refractivity contribution is 6.33. The molecule has 128 valence electrons. The molecular formula is C16H9ClF3N3O2. The minimum absolute atomic E-state index is 0.0751. The lowest BCUT2D eigenvalue weighted by Gasteiger charge is -2.13. The minimum atomic E-state index is -4.48. The zero-order valence-corrected chi connectivity index (χ0v) is 13.1. The number of nitro benzene ring substituents is 1. The second-order valence-electron chi connectivity index (χ2n) is 5.13. The molecule has 5 nitrogen and oxygen atoms in total. The number of anilines is 2. The maximum atomic E-state index is 12.9. The number of hydrogen-bond acceptors (Lipinski definition) is 4. The zero-order chi connectivity index (χ0) is 18.2. The summed E-state index contributed by atoms with van der Waals surface area (Å²) in [5.41, 5.74) is 0.0698. The van der Waals surface area contributed by atoms with Gasteiger partial charge in [-0.1, -0.05) is 11.6 Å². The molecule has 0 amide bonds. The van der Waals surface area contributed by atoms with Crippen molar-refractivity contribution in [1.29, 1.82) is 0 Å². The molecule has 0 radical (unpaired) electrons. The van der Waals surface area contributed by atoms with E-state index < -0.39 is 16.7 Å². The van der Waals surface area contributed by atoms with Crippen LogP contribution in [0.4, 0.5) is 30.2 Å². The van der Waals surface area contributed by atoms with Gasteiger partial charge in [-0.15, -0.1) is 0 Å². The van der Waals surface area contributed by atoms with Crippen LogP contribution in [0.2, 0.25) is 5.02 Å². The molecule has 9 heteroatoms. The number of benzene rings is 2. The van der Waals surface area contributed by atoms with Crippen LogP contribution in [0.3, 0.4) is 0 Å². The van der Waals surface area contributed by atoms with Crippen molar-refractivity contribution in [3.8, 4) is 0 Å². The van der Waals surface area contributed by atoms with Gasteiger partial charge >= 0.3 is 6.18 Å². The lowest BCUT2D eigenvalue weighted by molar-refractivity contribution is -0.384. The molecule has 0 spiro atoms. The van der Waals surface area contributed by atoms with Gasteiger partial charge in [0.2, 0.25) is 0 Å². The number of nitrogens with one attached hydrogen (secondary N) is 1. The highest BCUT2D eigenvalue weighted by atomic mass is 35.5. The molecule has 0 bridgehead atoms. The highest BCUT2D eigenvalue weighted by Crippen LogP contribution is 2.35. The summed E-state index contributed by atoms with van der Waals surface area (Å²) in [7, 11) is 0. The minimum Gasteiger partial charge on any atom is -0.354 e. The Morgan fingerprint density at radius 2 is 1.84 bits per heavy atom. The highest BCUT2D eigenvalue weighted by Gasteiger charge is 2.30. The molecule has 1 heterocycles. The van der Waals surface area contributed by atoms with Crippen molar-refractivity contribution in [3.63, 3.8) is 0 Å². The maximum absolute atomic E-state index is 12.9. The first-order valence-corrected chi connectivity index (χ1v) is 7.30. The van der Waals surface area contributed by atoms with E-state index >= 15 is 0 Å². The average Bonchev–Trinajstić information content (AvgIpc) is 2.55. The Kier molecular flexibility index (Phi) is 4.22. The average molecular weight is 368 g/mol. The largest absolute Gasteiger partial charge is 0.416 e. The fourth-order valence-electron chi connectivity index (χ4n) is 2.30. The second-order valence-corrected chi connectivity index (χ2v) is 5.54. The van der Waals surface area contributed by atoms with Crippen molar-refractivity contribution >= 4 is 39.6 Å². The van der Waals surface area contributed by atoms with E-state index in [9.17, 15) is 23.3 Å². The topological polar surface area (TPSA) is 68.1 Å². The van der Waals surface area contributed by atoms with Crippen LogP contribution in [0, 0.1) is 10.1 Å². The lowest BCUT2D eigenvalue weighted by atomic mass is 10.1. The van der Waals surface area contributed by atoms with Crippen LogP contribution < -0.4 is 5.32 Å². The molecule has 3 rings (SSSR count). The Bertz CT molecular complexity index is 976. The van der Waals surface area contributed by atoms with Crippen LogP contribution in [0.5, 0.6) is 0 Å². The number of hydrogen-bond donors (Lipinski definition) is 1. The smallest absolute Gasteiger partial charge is 0.354 e. The van der Waals surface area contributed by atoms with Gasteiger partial charge in [-0.3, -0.25) is 15.1 Å². The molecule has 0 aliphatic carbocycles. The summed E-state index contributed by atoms with van der Waals surface area (Å²) in [4.78, 5) is 14.2. The normalized spacial score (nSPS) is 11.5. The van der Waals surface area contributed by atoms with Crippen molar-refractivity contribution in [2.24, 2.45) is 0 Å². The second kappa shape index (κ2) is 6.21. The van der Waals surface area contributed by atoms with E-state index in [-0.39, 0.29) is 16.1 Å². The molecular weight excluding hydrogens is 359 g/mol. The van der Waals surface area contributed by atoms with E-state index in [1.54, 1.807) is 0 Å². The number of pyridine rings is 1. The van der Waals surface area contributed by atoms with Gasteiger partial charge in [0.25, 0.3) is 5.69 Å². The van der Waals surface area contributed by atoms with Crippen molar-refractivity contribution in [1.82, 2.24) is 4.98 Å². The third kappa shape index (κ3) is 3.48. The number of aromatic nitrogens is 1. The number of alkyl halides is 3. The summed E-state index contributed by atoms with van der Waals surface area (Å²) in [5, 5.41) is 14.0. The van der Waals surface area contributed by atoms with Crippen LogP contribution >= 0.6 is 11.6 Å². The van der Waals surface area contributed by atoms with E-state index in [0.717, 1.165) is 18.2 Å². The van der Waals surface area contributed by atoms with Gasteiger partial charge in [0.15, 0.2) is 0 Å². The first-order chi connectivity index (χ1) is 11.8. The van der Waals surface area contributed by atoms with Gasteiger partial charge in [0.05, 0.1) is 26.7 Å². The van der Waals surface area contributed by atoms with Gasteiger partial charge in [-0.05, 0) is 30.3 Å². The van der Waals surface area contributed by atoms with E-state index in [1.807, 2.05) is 0 Å². The number of fused-ring (bicyclic) bond motifs is 1. The fourth-order valence-corrected chi connectivity index (χ4v) is 2.52. The molecule has 0 unspecified atom stereocenters. The molecule has 25 heavy (non-hydrogen) atoms. The molecule has 0 aliphatic heterocycles. The summed E-state index contributed by atoms with van der Waals surface area (Å²) < 4.78 is 38.8. The number of nitrogens with zero attached hydrogens (tertiary/aromatic N) is 2. The van der Waals surface area contributed by atoms with Gasteiger partial charge < -0.3 is 5.32 Å². The number of non-ortho nitro benzene ring substituents is 1. The Balaban J connectivity index is 2.05. The summed E-state index contributed by atoms with van der Waals surface area (Å²) in [6, 6.07) is 8.52. The molecule has 0 atom stereocenters. The summed E-state index contributed by atoms with van der Waals surface area (Å²) in [6.45, 7) is 0. The molecule has 3 aromatic rings. The Morgan fingerprint density at radius 1 is 1.08 bits per heavy atom. The number of rotatable bonds is 3. The first-order valence-electron chi connectivity index (χ1n) is 6.92. The van der Waals surface area contributed by atoms with Crippen molar-refractivity contribution < 1.29 is 18.1 Å². The van der Waals surface area contributed by atoms with E-state index in [0.29, 0.717) is 16.9 Å². The number of halogens is 4. The van der Waals surface area contributed by atoms with E-state index in [2.05, 4.69) is 10.3 Å². The predicted molar refractivity (Wildman–Crippen MR) is 88.1 cm³/mol. The predicted octanol–water partition coefficient (Wildman–Crippen LogP) is 5.56. The summed E-state index contributed by atoms with van der Waals surface area (Å²) in [5.74, 6) is 0. The van der Waals surface area contributed by atoms with Gasteiger partial charge in [-0.2, -0.15) is 13.2 Å². The Hall–Kier alpha value is -2.87. The molecule has 2 aromatic carbocycles. The van der Waals surface area contributed by atoms with Gasteiger partial charge in [-0.25, -0.2) is 0 Å². The number of nitro groups is 1. The van der Waals surface area contributed by atoms with Crippen LogP contribution in [0.25, 0.3) is 10.9 Å². The van der Waals surface area contributed by atoms with Crippen LogP contribution in [-0.2, 0) is 6.18 Å². The SMILES string of the molecule is O=[N+]([O-])c1ccc(Nc2ccnc3ccc(C(F)(F)F)cc23)c(Cl)c1. The summed E-state index contributed by atoms with van der Waals surface area (Å²) >= 11 is 6.02. The van der Waals surface area contributed by atoms with Crippen molar-refractivity contribution in [2.45, 2.75) is 6.18 Å². The molecule has 0 aliphatic rings. The van der Waals surface area contributed by atoms with E-state index in [1.165, 1.54) is 30.5 Å². The Morgan fingerprint density at radius 3 is 2.48 bits per heavy atom. The van der Waals surface area contributed by atoms with Gasteiger partial charge in [0.1, 0.15) is 0 Å². The molecule has 1 N–H and O–H groups in total. The molecule has 0 fully saturated rings. The van der Waals surface area contributed by atoms with Crippen LogP contribution in [0.15, 0.2) is 48.7 Å². The fraction of sp³-hybridized carbons (Fsp3) is 0.0625. The van der Waals surface area contributed by atoms with E-state index in [4.69, 9.17) is 11.6 Å². The standard InChI is InChI=1S/C16H9ClF3N3O2/c17-12-8-10(23(24)25)2-4-15(12)22-14-5-6-21-13-3-1-9(7-11(13)14)16(18,19)20/h1-8H,(H,21,22). The third-order valence-electron chi connectivity index (χ3n) is 3.50. The molecule has 1 aromatic heterocycles. The molecule has 0 saturated carbocycles. The summed E-state index contributed by atoms with van der Waals surface area (Å²) in [6.07, 6.45) is -3.04. The van der Waals surface area contributed by atoms with Crippen LogP contribution in [-0.4, -0.2) is 9.91 Å². The van der Waals surface area contributed by atoms with Gasteiger partial charge in [0, 0.05) is 29.4 Å². The monoisotopic (exact) mass is 367 g/mol.